The highest BCUT2D eigenvalue weighted by molar-refractivity contribution is 5.91. The van der Waals surface area contributed by atoms with Crippen LogP contribution in [0.25, 0.3) is 0 Å². The maximum absolute atomic E-state index is 12.0. The van der Waals surface area contributed by atoms with Gasteiger partial charge in [0, 0.05) is 13.1 Å². The third-order valence-electron chi connectivity index (χ3n) is 3.78. The number of amides is 1. The zero-order valence-corrected chi connectivity index (χ0v) is 14.6. The highest BCUT2D eigenvalue weighted by atomic mass is 16.5. The van der Waals surface area contributed by atoms with Crippen LogP contribution < -0.4 is 4.74 Å². The first-order chi connectivity index (χ1) is 12.1. The van der Waals surface area contributed by atoms with Crippen molar-refractivity contribution in [2.24, 2.45) is 0 Å². The smallest absolute Gasteiger partial charge is 0.338 e. The molecule has 0 aliphatic heterocycles. The summed E-state index contributed by atoms with van der Waals surface area (Å²) in [5.74, 6) is -0.0455. The standard InChI is InChI=1S/C20H23NO4/c1-3-21(4-2)19(22)15-25-20(23)17-10-12-18(13-11-17)24-14-16-8-6-5-7-9-16/h5-13H,3-4,14-15H2,1-2H3. The first kappa shape index (κ1) is 18.5. The topological polar surface area (TPSA) is 55.8 Å². The number of benzene rings is 2. The third kappa shape index (κ3) is 5.64. The molecule has 0 N–H and O–H groups in total. The normalized spacial score (nSPS) is 10.2. The van der Waals surface area contributed by atoms with Gasteiger partial charge in [-0.3, -0.25) is 4.79 Å². The van der Waals surface area contributed by atoms with Gasteiger partial charge in [-0.25, -0.2) is 4.79 Å². The van der Waals surface area contributed by atoms with Crippen LogP contribution in [0.2, 0.25) is 0 Å². The number of carbonyl (C=O) groups excluding carboxylic acids is 2. The Morgan fingerprint density at radius 3 is 2.16 bits per heavy atom. The van der Waals surface area contributed by atoms with E-state index in [0.717, 1.165) is 5.56 Å². The summed E-state index contributed by atoms with van der Waals surface area (Å²) in [6.45, 7) is 5.19. The molecule has 0 aliphatic rings. The monoisotopic (exact) mass is 341 g/mol. The van der Waals surface area contributed by atoms with Gasteiger partial charge in [0.15, 0.2) is 6.61 Å². The third-order valence-corrected chi connectivity index (χ3v) is 3.78. The number of hydrogen-bond donors (Lipinski definition) is 0. The van der Waals surface area contributed by atoms with E-state index >= 15 is 0 Å². The van der Waals surface area contributed by atoms with Crippen molar-refractivity contribution < 1.29 is 19.1 Å². The molecule has 0 fully saturated rings. The minimum absolute atomic E-state index is 0.193. The first-order valence-corrected chi connectivity index (χ1v) is 8.35. The van der Waals surface area contributed by atoms with Gasteiger partial charge in [-0.15, -0.1) is 0 Å². The molecule has 0 saturated heterocycles. The van der Waals surface area contributed by atoms with Gasteiger partial charge in [0.25, 0.3) is 5.91 Å². The van der Waals surface area contributed by atoms with E-state index in [4.69, 9.17) is 9.47 Å². The van der Waals surface area contributed by atoms with Crippen molar-refractivity contribution in [3.8, 4) is 5.75 Å². The van der Waals surface area contributed by atoms with Crippen LogP contribution in [0.15, 0.2) is 54.6 Å². The minimum Gasteiger partial charge on any atom is -0.489 e. The van der Waals surface area contributed by atoms with Crippen molar-refractivity contribution >= 4 is 11.9 Å². The van der Waals surface area contributed by atoms with Crippen LogP contribution >= 0.6 is 0 Å². The number of nitrogens with zero attached hydrogens (tertiary/aromatic N) is 1. The Balaban J connectivity index is 1.84. The van der Waals surface area contributed by atoms with Crippen molar-refractivity contribution in [1.82, 2.24) is 4.90 Å². The molecule has 0 unspecified atom stereocenters. The molecule has 0 aliphatic carbocycles. The number of ether oxygens (including phenoxy) is 2. The Kier molecular flexibility index (Phi) is 7.01. The minimum atomic E-state index is -0.518. The lowest BCUT2D eigenvalue weighted by molar-refractivity contribution is -0.134. The van der Waals surface area contributed by atoms with E-state index in [9.17, 15) is 9.59 Å². The number of esters is 1. The predicted molar refractivity (Wildman–Crippen MR) is 95.4 cm³/mol. The summed E-state index contributed by atoms with van der Waals surface area (Å²) < 4.78 is 10.7. The maximum atomic E-state index is 12.0. The van der Waals surface area contributed by atoms with Gasteiger partial charge in [0.1, 0.15) is 12.4 Å². The van der Waals surface area contributed by atoms with Crippen LogP contribution in [0.1, 0.15) is 29.8 Å². The van der Waals surface area contributed by atoms with Crippen LogP contribution in [-0.2, 0) is 16.1 Å². The van der Waals surface area contributed by atoms with Crippen LogP contribution in [0, 0.1) is 0 Å². The molecule has 2 rings (SSSR count). The van der Waals surface area contributed by atoms with E-state index in [2.05, 4.69) is 0 Å². The fourth-order valence-electron chi connectivity index (χ4n) is 2.31. The van der Waals surface area contributed by atoms with E-state index in [1.807, 2.05) is 44.2 Å². The van der Waals surface area contributed by atoms with E-state index in [1.54, 1.807) is 29.2 Å². The van der Waals surface area contributed by atoms with Crippen LogP contribution in [0.5, 0.6) is 5.75 Å². The van der Waals surface area contributed by atoms with Crippen LogP contribution in [0.3, 0.4) is 0 Å². The molecule has 0 aromatic heterocycles. The Hall–Kier alpha value is -2.82. The van der Waals surface area contributed by atoms with Crippen LogP contribution in [-0.4, -0.2) is 36.5 Å². The average molecular weight is 341 g/mol. The van der Waals surface area contributed by atoms with Crippen molar-refractivity contribution in [2.45, 2.75) is 20.5 Å². The SMILES string of the molecule is CCN(CC)C(=O)COC(=O)c1ccc(OCc2ccccc2)cc1. The molecule has 0 bridgehead atoms. The zero-order valence-electron chi connectivity index (χ0n) is 14.6. The summed E-state index contributed by atoms with van der Waals surface area (Å²) in [6, 6.07) is 16.5. The quantitative estimate of drug-likeness (QED) is 0.692. The molecule has 5 nitrogen and oxygen atoms in total. The molecule has 0 atom stereocenters. The van der Waals surface area contributed by atoms with Gasteiger partial charge in [-0.2, -0.15) is 0 Å². The molecule has 2 aromatic rings. The fraction of sp³-hybridized carbons (Fsp3) is 0.300. The lowest BCUT2D eigenvalue weighted by Crippen LogP contribution is -2.34. The van der Waals surface area contributed by atoms with Crippen LogP contribution in [0.4, 0.5) is 0 Å². The van der Waals surface area contributed by atoms with Gasteiger partial charge < -0.3 is 14.4 Å². The van der Waals surface area contributed by atoms with Crippen molar-refractivity contribution in [3.05, 3.63) is 65.7 Å². The molecule has 0 radical (unpaired) electrons. The summed E-state index contributed by atoms with van der Waals surface area (Å²) >= 11 is 0. The lowest BCUT2D eigenvalue weighted by Gasteiger charge is -2.18. The van der Waals surface area contributed by atoms with E-state index < -0.39 is 5.97 Å². The molecule has 5 heteroatoms. The maximum Gasteiger partial charge on any atom is 0.338 e. The number of hydrogen-bond acceptors (Lipinski definition) is 4. The average Bonchev–Trinajstić information content (AvgIpc) is 2.66. The molecular formula is C20H23NO4. The van der Waals surface area contributed by atoms with E-state index in [-0.39, 0.29) is 12.5 Å². The summed E-state index contributed by atoms with van der Waals surface area (Å²) in [4.78, 5) is 25.5. The second-order valence-electron chi connectivity index (χ2n) is 5.44. The molecule has 0 spiro atoms. The highest BCUT2D eigenvalue weighted by Gasteiger charge is 2.14. The van der Waals surface area contributed by atoms with Gasteiger partial charge >= 0.3 is 5.97 Å². The van der Waals surface area contributed by atoms with Gasteiger partial charge in [0.05, 0.1) is 5.56 Å². The number of rotatable bonds is 8. The molecule has 25 heavy (non-hydrogen) atoms. The van der Waals surface area contributed by atoms with E-state index in [1.165, 1.54) is 0 Å². The molecule has 2 aromatic carbocycles. The Labute approximate surface area is 148 Å². The molecule has 1 amide bonds. The second kappa shape index (κ2) is 9.47. The molecule has 0 saturated carbocycles. The van der Waals surface area contributed by atoms with Crippen molar-refractivity contribution in [3.63, 3.8) is 0 Å². The lowest BCUT2D eigenvalue weighted by atomic mass is 10.2. The fourth-order valence-corrected chi connectivity index (χ4v) is 2.31. The summed E-state index contributed by atoms with van der Waals surface area (Å²) in [6.07, 6.45) is 0. The zero-order chi connectivity index (χ0) is 18.1. The van der Waals surface area contributed by atoms with Gasteiger partial charge in [-0.05, 0) is 43.7 Å². The van der Waals surface area contributed by atoms with Crippen molar-refractivity contribution in [1.29, 1.82) is 0 Å². The molecule has 132 valence electrons. The largest absolute Gasteiger partial charge is 0.489 e. The summed E-state index contributed by atoms with van der Waals surface area (Å²) in [5, 5.41) is 0. The highest BCUT2D eigenvalue weighted by Crippen LogP contribution is 2.15. The predicted octanol–water partition coefficient (Wildman–Crippen LogP) is 3.29. The number of likely N-dealkylation sites (N-methyl/N-ethyl adjacent to an activating group) is 1. The Morgan fingerprint density at radius 1 is 0.920 bits per heavy atom. The summed E-state index contributed by atoms with van der Waals surface area (Å²) in [7, 11) is 0. The van der Waals surface area contributed by atoms with E-state index in [0.29, 0.717) is 31.0 Å². The molecule has 0 heterocycles. The van der Waals surface area contributed by atoms with Gasteiger partial charge in [0.2, 0.25) is 0 Å². The Bertz CT molecular complexity index is 679. The first-order valence-electron chi connectivity index (χ1n) is 8.35. The van der Waals surface area contributed by atoms with Gasteiger partial charge in [-0.1, -0.05) is 30.3 Å². The Morgan fingerprint density at radius 2 is 1.56 bits per heavy atom. The molecular weight excluding hydrogens is 318 g/mol. The van der Waals surface area contributed by atoms with Crippen molar-refractivity contribution in [2.75, 3.05) is 19.7 Å². The number of carbonyl (C=O) groups is 2. The second-order valence-corrected chi connectivity index (χ2v) is 5.44. The summed E-state index contributed by atoms with van der Waals surface area (Å²) in [5.41, 5.74) is 1.46.